The summed E-state index contributed by atoms with van der Waals surface area (Å²) in [5.74, 6) is 0.899. The number of fused-ring (bicyclic) bond motifs is 1. The molecule has 1 aromatic carbocycles. The van der Waals surface area contributed by atoms with E-state index in [1.165, 1.54) is 23.1 Å². The number of aryl methyl sites for hydroxylation is 1. The largest absolute Gasteiger partial charge is 0.388 e. The first-order valence-corrected chi connectivity index (χ1v) is 8.55. The highest BCUT2D eigenvalue weighted by Crippen LogP contribution is 2.31. The van der Waals surface area contributed by atoms with Crippen LogP contribution >= 0.6 is 23.1 Å². The van der Waals surface area contributed by atoms with Gasteiger partial charge in [0.15, 0.2) is 16.8 Å². The summed E-state index contributed by atoms with van der Waals surface area (Å²) in [6.07, 6.45) is 0. The zero-order valence-corrected chi connectivity index (χ0v) is 13.9. The van der Waals surface area contributed by atoms with Crippen molar-refractivity contribution in [3.05, 3.63) is 40.5 Å². The standard InChI is InChI=1S/C15H15N3O2S2/c1-9-10-5-3-4-6-12(10)22-14(9)11(20)8-21-15-17-16-13(7-19)18(15)2/h3-6,19H,7-8H2,1-2H3. The molecular formula is C15H15N3O2S2. The molecule has 0 saturated carbocycles. The van der Waals surface area contributed by atoms with Crippen LogP contribution in [0.1, 0.15) is 21.1 Å². The van der Waals surface area contributed by atoms with Gasteiger partial charge in [0.2, 0.25) is 0 Å². The lowest BCUT2D eigenvalue weighted by atomic mass is 10.1. The fourth-order valence-corrected chi connectivity index (χ4v) is 4.28. The molecule has 0 radical (unpaired) electrons. The fourth-order valence-electron chi connectivity index (χ4n) is 2.24. The van der Waals surface area contributed by atoms with E-state index in [-0.39, 0.29) is 12.4 Å². The Hall–Kier alpha value is -1.70. The molecule has 1 N–H and O–H groups in total. The number of aliphatic hydroxyl groups excluding tert-OH is 1. The van der Waals surface area contributed by atoms with Gasteiger partial charge >= 0.3 is 0 Å². The van der Waals surface area contributed by atoms with E-state index in [2.05, 4.69) is 10.2 Å². The predicted octanol–water partition coefficient (Wildman–Crippen LogP) is 2.81. The summed E-state index contributed by atoms with van der Waals surface area (Å²) in [5.41, 5.74) is 1.04. The number of carbonyl (C=O) groups excluding carboxylic acids is 1. The quantitative estimate of drug-likeness (QED) is 0.574. The second-order valence-electron chi connectivity index (χ2n) is 4.88. The van der Waals surface area contributed by atoms with Gasteiger partial charge in [0.05, 0.1) is 10.6 Å². The van der Waals surface area contributed by atoms with Crippen molar-refractivity contribution in [2.75, 3.05) is 5.75 Å². The summed E-state index contributed by atoms with van der Waals surface area (Å²) in [6, 6.07) is 8.05. The number of rotatable bonds is 5. The SMILES string of the molecule is Cc1c(C(=O)CSc2nnc(CO)n2C)sc2ccccc12. The highest BCUT2D eigenvalue weighted by molar-refractivity contribution is 7.99. The van der Waals surface area contributed by atoms with Crippen LogP contribution in [0, 0.1) is 6.92 Å². The van der Waals surface area contributed by atoms with Gasteiger partial charge in [0.1, 0.15) is 6.61 Å². The predicted molar refractivity (Wildman–Crippen MR) is 88.5 cm³/mol. The van der Waals surface area contributed by atoms with E-state index in [9.17, 15) is 4.79 Å². The molecule has 3 rings (SSSR count). The normalized spacial score (nSPS) is 11.2. The summed E-state index contributed by atoms with van der Waals surface area (Å²) >= 11 is 2.88. The molecule has 0 fully saturated rings. The second kappa shape index (κ2) is 6.20. The third kappa shape index (κ3) is 2.67. The third-order valence-corrected chi connectivity index (χ3v) is 5.83. The van der Waals surface area contributed by atoms with Gasteiger partial charge in [-0.3, -0.25) is 4.79 Å². The van der Waals surface area contributed by atoms with Crippen molar-refractivity contribution in [3.8, 4) is 0 Å². The molecule has 3 aromatic rings. The zero-order chi connectivity index (χ0) is 15.7. The van der Waals surface area contributed by atoms with Crippen molar-refractivity contribution in [1.29, 1.82) is 0 Å². The molecule has 22 heavy (non-hydrogen) atoms. The molecule has 5 nitrogen and oxygen atoms in total. The Morgan fingerprint density at radius 2 is 2.14 bits per heavy atom. The van der Waals surface area contributed by atoms with Gasteiger partial charge in [-0.25, -0.2) is 0 Å². The van der Waals surface area contributed by atoms with E-state index < -0.39 is 0 Å². The number of thioether (sulfide) groups is 1. The van der Waals surface area contributed by atoms with E-state index in [1.54, 1.807) is 11.6 Å². The molecule has 0 bridgehead atoms. The topological polar surface area (TPSA) is 68.0 Å². The van der Waals surface area contributed by atoms with Crippen LogP contribution < -0.4 is 0 Å². The average molecular weight is 333 g/mol. The molecule has 2 aromatic heterocycles. The van der Waals surface area contributed by atoms with Crippen LogP contribution in [0.25, 0.3) is 10.1 Å². The summed E-state index contributed by atoms with van der Waals surface area (Å²) in [6.45, 7) is 1.83. The molecule has 7 heteroatoms. The van der Waals surface area contributed by atoms with Gasteiger partial charge in [-0.2, -0.15) is 0 Å². The van der Waals surface area contributed by atoms with Crippen LogP contribution in [-0.2, 0) is 13.7 Å². The van der Waals surface area contributed by atoms with Crippen LogP contribution in [0.3, 0.4) is 0 Å². The van der Waals surface area contributed by atoms with Crippen molar-refractivity contribution in [2.24, 2.45) is 7.05 Å². The summed E-state index contributed by atoms with van der Waals surface area (Å²) in [7, 11) is 1.78. The maximum absolute atomic E-state index is 12.5. The van der Waals surface area contributed by atoms with E-state index in [4.69, 9.17) is 5.11 Å². The van der Waals surface area contributed by atoms with Gasteiger partial charge < -0.3 is 9.67 Å². The minimum Gasteiger partial charge on any atom is -0.388 e. The summed E-state index contributed by atoms with van der Waals surface area (Å²) in [5, 5.41) is 18.7. The highest BCUT2D eigenvalue weighted by atomic mass is 32.2. The lowest BCUT2D eigenvalue weighted by molar-refractivity contribution is 0.102. The zero-order valence-electron chi connectivity index (χ0n) is 12.2. The van der Waals surface area contributed by atoms with Crippen molar-refractivity contribution in [2.45, 2.75) is 18.7 Å². The Morgan fingerprint density at radius 3 is 2.82 bits per heavy atom. The molecular weight excluding hydrogens is 318 g/mol. The van der Waals surface area contributed by atoms with E-state index in [1.807, 2.05) is 31.2 Å². The Labute approximate surface area is 136 Å². The van der Waals surface area contributed by atoms with E-state index >= 15 is 0 Å². The molecule has 0 spiro atoms. The van der Waals surface area contributed by atoms with Gasteiger partial charge in [-0.05, 0) is 23.9 Å². The first kappa shape index (κ1) is 15.2. The lowest BCUT2D eigenvalue weighted by Crippen LogP contribution is -2.04. The van der Waals surface area contributed by atoms with Gasteiger partial charge in [-0.1, -0.05) is 30.0 Å². The number of Topliss-reactive ketones (excluding diaryl/α,β-unsaturated/α-hetero) is 1. The Bertz CT molecular complexity index is 839. The molecule has 0 amide bonds. The fraction of sp³-hybridized carbons (Fsp3) is 0.267. The number of nitrogens with zero attached hydrogens (tertiary/aromatic N) is 3. The van der Waals surface area contributed by atoms with E-state index in [0.717, 1.165) is 20.5 Å². The average Bonchev–Trinajstić information content (AvgIpc) is 3.06. The van der Waals surface area contributed by atoms with Crippen LogP contribution in [0.2, 0.25) is 0 Å². The molecule has 0 saturated heterocycles. The highest BCUT2D eigenvalue weighted by Gasteiger charge is 2.17. The first-order chi connectivity index (χ1) is 10.6. The lowest BCUT2D eigenvalue weighted by Gasteiger charge is -2.01. The van der Waals surface area contributed by atoms with Gasteiger partial charge in [0.25, 0.3) is 0 Å². The molecule has 2 heterocycles. The van der Waals surface area contributed by atoms with Crippen LogP contribution in [0.4, 0.5) is 0 Å². The number of hydrogen-bond acceptors (Lipinski definition) is 6. The molecule has 0 aliphatic carbocycles. The van der Waals surface area contributed by atoms with Gasteiger partial charge in [0, 0.05) is 11.7 Å². The van der Waals surface area contributed by atoms with Gasteiger partial charge in [-0.15, -0.1) is 21.5 Å². The third-order valence-electron chi connectivity index (χ3n) is 3.50. The summed E-state index contributed by atoms with van der Waals surface area (Å²) < 4.78 is 2.84. The van der Waals surface area contributed by atoms with Crippen molar-refractivity contribution < 1.29 is 9.90 Å². The Balaban J connectivity index is 1.78. The second-order valence-corrected chi connectivity index (χ2v) is 6.87. The maximum Gasteiger partial charge on any atom is 0.191 e. The van der Waals surface area contributed by atoms with E-state index in [0.29, 0.717) is 16.7 Å². The van der Waals surface area contributed by atoms with Crippen molar-refractivity contribution >= 4 is 39.0 Å². The minimum absolute atomic E-state index is 0.0947. The van der Waals surface area contributed by atoms with Crippen molar-refractivity contribution in [3.63, 3.8) is 0 Å². The molecule has 0 unspecified atom stereocenters. The molecule has 0 aliphatic rings. The summed E-state index contributed by atoms with van der Waals surface area (Å²) in [4.78, 5) is 13.3. The molecule has 114 valence electrons. The number of aromatic nitrogens is 3. The van der Waals surface area contributed by atoms with Crippen LogP contribution in [0.15, 0.2) is 29.4 Å². The number of hydrogen-bond donors (Lipinski definition) is 1. The van der Waals surface area contributed by atoms with Crippen LogP contribution in [0.5, 0.6) is 0 Å². The maximum atomic E-state index is 12.5. The number of aliphatic hydroxyl groups is 1. The first-order valence-electron chi connectivity index (χ1n) is 6.75. The number of carbonyl (C=O) groups is 1. The number of ketones is 1. The Morgan fingerprint density at radius 1 is 1.36 bits per heavy atom. The monoisotopic (exact) mass is 333 g/mol. The number of thiophene rings is 1. The van der Waals surface area contributed by atoms with Crippen LogP contribution in [-0.4, -0.2) is 31.4 Å². The molecule has 0 aliphatic heterocycles. The molecule has 0 atom stereocenters. The number of benzene rings is 1. The minimum atomic E-state index is -0.159. The Kier molecular flexibility index (Phi) is 4.28. The van der Waals surface area contributed by atoms with Crippen molar-refractivity contribution in [1.82, 2.24) is 14.8 Å². The smallest absolute Gasteiger partial charge is 0.191 e.